The van der Waals surface area contributed by atoms with Crippen molar-refractivity contribution in [2.75, 3.05) is 127 Å². The summed E-state index contributed by atoms with van der Waals surface area (Å²) in [7, 11) is 18.7. The molecule has 32 nitrogen and oxygen atoms in total. The molecule has 11 aromatic heterocycles. The molecule has 1 fully saturated rings. The van der Waals surface area contributed by atoms with Crippen LogP contribution >= 0.6 is 44.3 Å². The molecule has 0 spiro atoms. The Balaban J connectivity index is 0.000000211. The number of aromatic amines is 1. The summed E-state index contributed by atoms with van der Waals surface area (Å²) in [6, 6.07) is 24.3. The predicted octanol–water partition coefficient (Wildman–Crippen LogP) is 8.88. The minimum atomic E-state index is -0.678. The molecule has 0 radical (unpaired) electrons. The van der Waals surface area contributed by atoms with Crippen LogP contribution in [0.3, 0.4) is 0 Å². The van der Waals surface area contributed by atoms with Gasteiger partial charge in [0, 0.05) is 102 Å². The van der Waals surface area contributed by atoms with Crippen LogP contribution < -0.4 is 79.7 Å². The van der Waals surface area contributed by atoms with Crippen molar-refractivity contribution in [2.45, 2.75) is 45.8 Å². The zero-order chi connectivity index (χ0) is 78.9. The lowest BCUT2D eigenvalue weighted by atomic mass is 9.79. The summed E-state index contributed by atoms with van der Waals surface area (Å²) in [5.41, 5.74) is 37.8. The first kappa shape index (κ1) is 85.5. The fraction of sp³-hybridized carbons (Fsp3) is 0.261. The predicted molar refractivity (Wildman–Crippen MR) is 423 cm³/mol. The smallest absolute Gasteiger partial charge is 0.497 e. The Morgan fingerprint density at radius 2 is 0.852 bits per heavy atom. The summed E-state index contributed by atoms with van der Waals surface area (Å²) in [4.78, 5) is 76.8. The van der Waals surface area contributed by atoms with E-state index in [1.54, 1.807) is 92.7 Å². The van der Waals surface area contributed by atoms with Gasteiger partial charge >= 0.3 is 7.12 Å². The van der Waals surface area contributed by atoms with Crippen LogP contribution in [0.4, 0.5) is 66.1 Å². The van der Waals surface area contributed by atoms with Gasteiger partial charge < -0.3 is 83.0 Å². The largest absolute Gasteiger partial charge is 0.506 e. The second-order valence-electron chi connectivity index (χ2n) is 24.3. The number of H-pyrrole nitrogens is 1. The Morgan fingerprint density at radius 3 is 1.25 bits per heavy atom. The van der Waals surface area contributed by atoms with Crippen LogP contribution in [-0.4, -0.2) is 176 Å². The summed E-state index contributed by atoms with van der Waals surface area (Å²) in [6.07, 6.45) is 4.37. The van der Waals surface area contributed by atoms with Gasteiger partial charge in [0.05, 0.1) is 49.6 Å². The van der Waals surface area contributed by atoms with Gasteiger partial charge in [0.15, 0.2) is 23.3 Å². The fourth-order valence-corrected chi connectivity index (χ4v) is 9.94. The van der Waals surface area contributed by atoms with Crippen LogP contribution in [0.1, 0.15) is 33.4 Å². The molecule has 39 heteroatoms. The molecule has 11 aromatic rings. The highest BCUT2D eigenvalue weighted by Gasteiger charge is 2.52. The second-order valence-corrected chi connectivity index (χ2v) is 25.9. The number of hydrogen-bond acceptors (Lipinski definition) is 31. The van der Waals surface area contributed by atoms with Crippen LogP contribution in [0, 0.1) is 24.4 Å². The molecule has 570 valence electrons. The molecule has 0 atom stereocenters. The van der Waals surface area contributed by atoms with Crippen molar-refractivity contribution in [3.63, 3.8) is 0 Å². The molecule has 0 amide bonds. The summed E-state index contributed by atoms with van der Waals surface area (Å²) in [6.45, 7) is 9.40. The van der Waals surface area contributed by atoms with Gasteiger partial charge in [0.2, 0.25) is 23.8 Å². The Morgan fingerprint density at radius 1 is 0.491 bits per heavy atom. The number of aromatic hydroxyl groups is 1. The normalized spacial score (nSPS) is 12.1. The standard InChI is InChI=1S/C17H18FN7O.C16H16FN7O.C12H17BFNO2.C12H14BrN5O.C10H9BrN4O2.C2H7N.ClH/c1-25(2)13-8-11(23-17(20)24-13)15-12(26-3)5-4-10(22-15)9-6-7-21-16(19)14(9)18;1-24(2)12-7-10(22-16(19)23-12)14-11(25)4-3-9(21-14)8-5-6-20-15(18)13(8)17;1-8-10(14)9(6-7-15-8)13-16-11(2,3)12(4,5)17-13;1-18(2)10-6-7(15-12(14)17-10)11-8(19-3)4-5-9(13)16-11;1-17-6-2-3-7(11)14-9(6)5-4-8(16)15-10(12)13-5;1-3-2;/h4-8H,1-3H3,(H2,19,21)(H2,20,23,24);3-7,25H,1-2H3,(H2,18,20)(H2,19,22,23);6-7H,1-5H3;4-6H,1-3H3,(H2,14,15,17);2-4H,1H3,(H3,12,13,15,16);3H,1-2H3;1H. The van der Waals surface area contributed by atoms with E-state index in [9.17, 15) is 23.1 Å². The molecule has 1 saturated heterocycles. The average Bonchev–Trinajstić information content (AvgIpc) is 1.60. The van der Waals surface area contributed by atoms with Crippen molar-refractivity contribution < 1.29 is 41.8 Å². The van der Waals surface area contributed by atoms with Gasteiger partial charge in [-0.1, -0.05) is 0 Å². The third-order valence-electron chi connectivity index (χ3n) is 15.3. The van der Waals surface area contributed by atoms with E-state index in [1.165, 1.54) is 56.9 Å². The summed E-state index contributed by atoms with van der Waals surface area (Å²) >= 11 is 6.59. The molecule has 15 N–H and O–H groups in total. The number of aryl methyl sites for hydroxylation is 1. The number of pyridine rings is 7. The topological polar surface area (TPSA) is 458 Å². The van der Waals surface area contributed by atoms with Crippen LogP contribution in [-0.2, 0) is 9.31 Å². The third kappa shape index (κ3) is 21.6. The van der Waals surface area contributed by atoms with Gasteiger partial charge in [-0.2, -0.15) is 15.0 Å². The lowest BCUT2D eigenvalue weighted by molar-refractivity contribution is 0.00578. The van der Waals surface area contributed by atoms with Crippen molar-refractivity contribution >= 4 is 110 Å². The van der Waals surface area contributed by atoms with E-state index in [2.05, 4.69) is 112 Å². The van der Waals surface area contributed by atoms with Crippen molar-refractivity contribution in [1.82, 2.24) is 80.1 Å². The number of ether oxygens (including phenoxy) is 3. The molecule has 0 bridgehead atoms. The first-order valence-electron chi connectivity index (χ1n) is 31.9. The third-order valence-corrected chi connectivity index (χ3v) is 16.2. The minimum Gasteiger partial charge on any atom is -0.506 e. The number of nitrogens with zero attached hydrogens (tertiary/aromatic N) is 17. The Bertz CT molecular complexity index is 4990. The molecule has 12 heterocycles. The van der Waals surface area contributed by atoms with Gasteiger partial charge in [-0.05, 0) is 147 Å². The highest BCUT2D eigenvalue weighted by molar-refractivity contribution is 9.10. The molecule has 0 saturated carbocycles. The number of hydrogen-bond donors (Lipinski definition) is 9. The van der Waals surface area contributed by atoms with Gasteiger partial charge in [-0.3, -0.25) is 14.8 Å². The zero-order valence-electron chi connectivity index (χ0n) is 61.7. The Labute approximate surface area is 644 Å². The molecule has 0 aliphatic carbocycles. The van der Waals surface area contributed by atoms with E-state index in [-0.39, 0.29) is 87.5 Å². The van der Waals surface area contributed by atoms with Crippen LogP contribution in [0.25, 0.3) is 68.1 Å². The van der Waals surface area contributed by atoms with Gasteiger partial charge in [0.25, 0.3) is 5.56 Å². The number of anilines is 9. The molecular formula is C69H82BBr2ClF3N25O7. The first-order valence-corrected chi connectivity index (χ1v) is 33.5. The summed E-state index contributed by atoms with van der Waals surface area (Å²) in [5, 5.41) is 12.9. The van der Waals surface area contributed by atoms with E-state index < -0.39 is 30.0 Å². The molecule has 12 rings (SSSR count). The van der Waals surface area contributed by atoms with Crippen molar-refractivity contribution in [2.24, 2.45) is 0 Å². The lowest BCUT2D eigenvalue weighted by Gasteiger charge is -2.32. The zero-order valence-corrected chi connectivity index (χ0v) is 65.7. The highest BCUT2D eigenvalue weighted by Crippen LogP contribution is 2.39. The number of methoxy groups -OCH3 is 3. The van der Waals surface area contributed by atoms with E-state index in [0.717, 1.165) is 0 Å². The summed E-state index contributed by atoms with van der Waals surface area (Å²) in [5.74, 6) is 1.66. The number of nitrogens with one attached hydrogen (secondary N) is 2. The van der Waals surface area contributed by atoms with E-state index in [1.807, 2.05) is 87.0 Å². The first-order chi connectivity index (χ1) is 50.5. The average molecular weight is 1640 g/mol. The summed E-state index contributed by atoms with van der Waals surface area (Å²) < 4.78 is 71.2. The van der Waals surface area contributed by atoms with Crippen LogP contribution in [0.5, 0.6) is 23.0 Å². The quantitative estimate of drug-likeness (QED) is 0.0384. The maximum Gasteiger partial charge on any atom is 0.497 e. The van der Waals surface area contributed by atoms with Crippen LogP contribution in [0.15, 0.2) is 124 Å². The number of aromatic nitrogens is 15. The van der Waals surface area contributed by atoms with Gasteiger partial charge in [-0.25, -0.2) is 63.0 Å². The molecule has 0 aromatic carbocycles. The van der Waals surface area contributed by atoms with Gasteiger partial charge in [-0.15, -0.1) is 12.4 Å². The second kappa shape index (κ2) is 37.7. The maximum absolute atomic E-state index is 14.3. The van der Waals surface area contributed by atoms with E-state index >= 15 is 0 Å². The number of nitrogens with two attached hydrogens (primary N) is 6. The lowest BCUT2D eigenvalue weighted by Crippen LogP contribution is -2.41. The Kier molecular flexibility index (Phi) is 29.8. The van der Waals surface area contributed by atoms with E-state index in [4.69, 9.17) is 57.9 Å². The number of rotatable bonds is 13. The van der Waals surface area contributed by atoms with E-state index in [0.29, 0.717) is 101 Å². The highest BCUT2D eigenvalue weighted by atomic mass is 79.9. The molecule has 0 unspecified atom stereocenters. The molecular weight excluding hydrogens is 1550 g/mol. The molecule has 108 heavy (non-hydrogen) atoms. The van der Waals surface area contributed by atoms with Crippen LogP contribution in [0.2, 0.25) is 0 Å². The maximum atomic E-state index is 14.3. The van der Waals surface area contributed by atoms with Crippen molar-refractivity contribution in [1.29, 1.82) is 0 Å². The SMILES string of the molecule is CN(C)c1cc(-c2nc(-c3ccnc(N)c3F)ccc2O)nc(N)n1.CNC.COc1ccc(-c2ccnc(N)c2F)nc1-c1cc(N(C)C)nc(N)n1.COc1ccc(Br)nc1-c1cc(=O)[nH]c(N)n1.COc1ccc(Br)nc1-c1cc(N(C)C)nc(N)n1.Cc1nccc(B2OC(C)(C)C(C)(C)O2)c1F.Cl. The number of halogens is 6. The van der Waals surface area contributed by atoms with Gasteiger partial charge in [0.1, 0.15) is 101 Å². The Hall–Kier alpha value is -11.4. The van der Waals surface area contributed by atoms with Crippen molar-refractivity contribution in [3.05, 3.63) is 152 Å². The monoisotopic (exact) mass is 1630 g/mol. The van der Waals surface area contributed by atoms with Crippen molar-refractivity contribution in [3.8, 4) is 91.1 Å². The number of nitrogen functional groups attached to an aromatic ring is 6. The fourth-order valence-electron chi connectivity index (χ4n) is 9.32. The molecule has 1 aliphatic heterocycles. The minimum absolute atomic E-state index is 0. The molecule has 1 aliphatic rings.